The fraction of sp³-hybridized carbons (Fsp3) is 0.500. The van der Waals surface area contributed by atoms with Crippen LogP contribution >= 0.6 is 0 Å². The maximum Gasteiger partial charge on any atom is 0.354 e. The van der Waals surface area contributed by atoms with Gasteiger partial charge < -0.3 is 20.1 Å². The Bertz CT molecular complexity index is 346. The molecule has 0 fully saturated rings. The molecule has 5 nitrogen and oxygen atoms in total. The first-order chi connectivity index (χ1) is 7.10. The fourth-order valence-corrected chi connectivity index (χ4v) is 1.39. The topological polar surface area (TPSA) is 77.5 Å². The van der Waals surface area contributed by atoms with Gasteiger partial charge in [-0.05, 0) is 12.1 Å². The van der Waals surface area contributed by atoms with E-state index >= 15 is 0 Å². The van der Waals surface area contributed by atoms with Crippen LogP contribution < -0.4 is 5.73 Å². The van der Waals surface area contributed by atoms with Crippen LogP contribution in [0.3, 0.4) is 0 Å². The molecule has 0 bridgehead atoms. The lowest BCUT2D eigenvalue weighted by Crippen LogP contribution is -2.23. The van der Waals surface area contributed by atoms with E-state index in [9.17, 15) is 9.90 Å². The number of carbonyl (C=O) groups excluding carboxylic acids is 1. The van der Waals surface area contributed by atoms with Crippen molar-refractivity contribution in [3.8, 4) is 0 Å². The molecule has 0 aliphatic rings. The van der Waals surface area contributed by atoms with Gasteiger partial charge in [-0.15, -0.1) is 0 Å². The monoisotopic (exact) mass is 212 g/mol. The lowest BCUT2D eigenvalue weighted by Gasteiger charge is -2.09. The van der Waals surface area contributed by atoms with Crippen molar-refractivity contribution in [1.82, 2.24) is 4.57 Å². The number of hydrogen-bond acceptors (Lipinski definition) is 4. The third-order valence-electron chi connectivity index (χ3n) is 2.34. The Hall–Kier alpha value is -1.33. The van der Waals surface area contributed by atoms with Gasteiger partial charge in [-0.3, -0.25) is 0 Å². The molecule has 1 aromatic heterocycles. The molecule has 0 aliphatic heterocycles. The maximum atomic E-state index is 11.3. The largest absolute Gasteiger partial charge is 0.464 e. The summed E-state index contributed by atoms with van der Waals surface area (Å²) in [5.41, 5.74) is 6.64. The highest BCUT2D eigenvalue weighted by Crippen LogP contribution is 2.10. The minimum atomic E-state index is -0.580. The van der Waals surface area contributed by atoms with E-state index in [1.807, 2.05) is 0 Å². The Morgan fingerprint density at radius 3 is 2.87 bits per heavy atom. The molecule has 1 rings (SSSR count). The molecule has 1 unspecified atom stereocenters. The number of aliphatic hydroxyl groups is 1. The van der Waals surface area contributed by atoms with Crippen molar-refractivity contribution < 1.29 is 14.6 Å². The Labute approximate surface area is 88.4 Å². The average Bonchev–Trinajstić information content (AvgIpc) is 2.59. The van der Waals surface area contributed by atoms with E-state index in [2.05, 4.69) is 4.74 Å². The molecule has 1 heterocycles. The van der Waals surface area contributed by atoms with Crippen LogP contribution in [0, 0.1) is 0 Å². The number of ether oxygens (including phenoxy) is 1. The fourth-order valence-electron chi connectivity index (χ4n) is 1.39. The lowest BCUT2D eigenvalue weighted by atomic mass is 10.2. The third-order valence-corrected chi connectivity index (χ3v) is 2.34. The molecule has 0 saturated carbocycles. The Balaban J connectivity index is 2.84. The molecule has 3 N–H and O–H groups in total. The summed E-state index contributed by atoms with van der Waals surface area (Å²) in [5.74, 6) is -0.383. The van der Waals surface area contributed by atoms with Crippen LogP contribution in [0.15, 0.2) is 12.1 Å². The second kappa shape index (κ2) is 4.95. The van der Waals surface area contributed by atoms with Gasteiger partial charge in [0.05, 0.1) is 13.2 Å². The van der Waals surface area contributed by atoms with Crippen LogP contribution in [0.4, 0.5) is 0 Å². The first kappa shape index (κ1) is 11.7. The van der Waals surface area contributed by atoms with Gasteiger partial charge >= 0.3 is 5.97 Å². The number of nitrogens with zero attached hydrogens (tertiary/aromatic N) is 1. The number of rotatable bonds is 4. The van der Waals surface area contributed by atoms with Gasteiger partial charge in [0.2, 0.25) is 0 Å². The predicted octanol–water partition coefficient (Wildman–Crippen LogP) is -0.326. The standard InChI is InChI=1S/C10H16N2O3/c1-12-7(5-8(13)6-11)3-4-9(12)10(14)15-2/h3-4,8,13H,5-6,11H2,1-2H3. The summed E-state index contributed by atoms with van der Waals surface area (Å²) in [4.78, 5) is 11.3. The van der Waals surface area contributed by atoms with E-state index in [-0.39, 0.29) is 12.5 Å². The summed E-state index contributed by atoms with van der Waals surface area (Å²) < 4.78 is 6.31. The highest BCUT2D eigenvalue weighted by Gasteiger charge is 2.14. The summed E-state index contributed by atoms with van der Waals surface area (Å²) in [6.45, 7) is 0.207. The number of esters is 1. The predicted molar refractivity (Wildman–Crippen MR) is 55.5 cm³/mol. The SMILES string of the molecule is COC(=O)c1ccc(CC(O)CN)n1C. The Morgan fingerprint density at radius 1 is 1.67 bits per heavy atom. The van der Waals surface area contributed by atoms with Gasteiger partial charge in [0.15, 0.2) is 0 Å². The smallest absolute Gasteiger partial charge is 0.354 e. The molecule has 1 atom stereocenters. The van der Waals surface area contributed by atoms with Crippen molar-refractivity contribution in [2.24, 2.45) is 12.8 Å². The van der Waals surface area contributed by atoms with Gasteiger partial charge in [-0.25, -0.2) is 4.79 Å². The third kappa shape index (κ3) is 2.57. The van der Waals surface area contributed by atoms with Gasteiger partial charge in [0.25, 0.3) is 0 Å². The van der Waals surface area contributed by atoms with Crippen LogP contribution in [0.25, 0.3) is 0 Å². The number of nitrogens with two attached hydrogens (primary N) is 1. The molecule has 15 heavy (non-hydrogen) atoms. The van der Waals surface area contributed by atoms with Crippen molar-refractivity contribution in [3.05, 3.63) is 23.5 Å². The molecule has 0 spiro atoms. The summed E-state index contributed by atoms with van der Waals surface area (Å²) in [7, 11) is 3.09. The van der Waals surface area contributed by atoms with Crippen molar-refractivity contribution in [2.75, 3.05) is 13.7 Å². The number of hydrogen-bond donors (Lipinski definition) is 2. The molecule has 0 saturated heterocycles. The number of methoxy groups -OCH3 is 1. The molecule has 1 aromatic rings. The molecule has 84 valence electrons. The minimum Gasteiger partial charge on any atom is -0.464 e. The van der Waals surface area contributed by atoms with Gasteiger partial charge in [-0.1, -0.05) is 0 Å². The zero-order valence-electron chi connectivity index (χ0n) is 8.93. The van der Waals surface area contributed by atoms with Crippen LogP contribution in [-0.2, 0) is 18.2 Å². The Morgan fingerprint density at radius 2 is 2.33 bits per heavy atom. The lowest BCUT2D eigenvalue weighted by molar-refractivity contribution is 0.0589. The van der Waals surface area contributed by atoms with Gasteiger partial charge in [0, 0.05) is 25.7 Å². The molecular weight excluding hydrogens is 196 g/mol. The highest BCUT2D eigenvalue weighted by molar-refractivity contribution is 5.87. The first-order valence-electron chi connectivity index (χ1n) is 4.71. The van der Waals surface area contributed by atoms with Crippen LogP contribution in [-0.4, -0.2) is 35.4 Å². The van der Waals surface area contributed by atoms with E-state index < -0.39 is 6.10 Å². The van der Waals surface area contributed by atoms with E-state index in [1.54, 1.807) is 23.7 Å². The summed E-state index contributed by atoms with van der Waals surface area (Å²) in [6, 6.07) is 3.45. The normalized spacial score (nSPS) is 12.5. The van der Waals surface area contributed by atoms with Crippen molar-refractivity contribution in [2.45, 2.75) is 12.5 Å². The molecule has 0 aromatic carbocycles. The number of aromatic nitrogens is 1. The molecule has 0 amide bonds. The van der Waals surface area contributed by atoms with Crippen LogP contribution in [0.1, 0.15) is 16.2 Å². The van der Waals surface area contributed by atoms with Gasteiger partial charge in [-0.2, -0.15) is 0 Å². The van der Waals surface area contributed by atoms with E-state index in [4.69, 9.17) is 5.73 Å². The number of carbonyl (C=O) groups is 1. The quantitative estimate of drug-likeness (QED) is 0.670. The van der Waals surface area contributed by atoms with Crippen molar-refractivity contribution >= 4 is 5.97 Å². The van der Waals surface area contributed by atoms with Crippen LogP contribution in [0.5, 0.6) is 0 Å². The molecule has 0 radical (unpaired) electrons. The highest BCUT2D eigenvalue weighted by atomic mass is 16.5. The summed E-state index contributed by atoms with van der Waals surface area (Å²) in [6.07, 6.45) is -0.145. The van der Waals surface area contributed by atoms with E-state index in [1.165, 1.54) is 7.11 Å². The Kier molecular flexibility index (Phi) is 3.88. The zero-order chi connectivity index (χ0) is 11.4. The van der Waals surface area contributed by atoms with Crippen molar-refractivity contribution in [3.63, 3.8) is 0 Å². The minimum absolute atomic E-state index is 0.207. The maximum absolute atomic E-state index is 11.3. The summed E-state index contributed by atoms with van der Waals surface area (Å²) in [5, 5.41) is 9.39. The van der Waals surface area contributed by atoms with Crippen molar-refractivity contribution in [1.29, 1.82) is 0 Å². The molecule has 5 heteroatoms. The second-order valence-electron chi connectivity index (χ2n) is 3.35. The van der Waals surface area contributed by atoms with Gasteiger partial charge in [0.1, 0.15) is 5.69 Å². The first-order valence-corrected chi connectivity index (χ1v) is 4.71. The average molecular weight is 212 g/mol. The zero-order valence-corrected chi connectivity index (χ0v) is 8.93. The second-order valence-corrected chi connectivity index (χ2v) is 3.35. The van der Waals surface area contributed by atoms with E-state index in [0.717, 1.165) is 5.69 Å². The molecule has 0 aliphatic carbocycles. The van der Waals surface area contributed by atoms with E-state index in [0.29, 0.717) is 12.1 Å². The van der Waals surface area contributed by atoms with Crippen LogP contribution in [0.2, 0.25) is 0 Å². The summed E-state index contributed by atoms with van der Waals surface area (Å²) >= 11 is 0. The number of aliphatic hydroxyl groups excluding tert-OH is 1. The molecular formula is C10H16N2O3.